The molecule has 1 aliphatic rings. The third kappa shape index (κ3) is 7.89. The van der Waals surface area contributed by atoms with E-state index in [-0.39, 0.29) is 12.0 Å². The summed E-state index contributed by atoms with van der Waals surface area (Å²) < 4.78 is 5.96. The van der Waals surface area contributed by atoms with Crippen LogP contribution in [0.1, 0.15) is 51.5 Å². The molecule has 1 atom stereocenters. The van der Waals surface area contributed by atoms with Crippen LogP contribution in [0.5, 0.6) is 5.75 Å². The van der Waals surface area contributed by atoms with Gasteiger partial charge in [-0.2, -0.15) is 0 Å². The Kier molecular flexibility index (Phi) is 8.95. The number of hydrogen-bond donors (Lipinski definition) is 3. The number of hydrogen-bond acceptors (Lipinski definition) is 3. The third-order valence-corrected chi connectivity index (χ3v) is 4.64. The van der Waals surface area contributed by atoms with E-state index in [1.807, 2.05) is 45.0 Å². The molecule has 0 saturated heterocycles. The van der Waals surface area contributed by atoms with Crippen molar-refractivity contribution in [1.82, 2.24) is 16.0 Å². The minimum Gasteiger partial charge on any atom is -0.489 e. The lowest BCUT2D eigenvalue weighted by Gasteiger charge is -2.16. The zero-order valence-electron chi connectivity index (χ0n) is 16.9. The molecule has 3 N–H and O–H groups in total. The SMILES string of the molecule is CCNC(=NCC(C)Oc1ccccc1C)NCCC(=O)NC1CCCC1. The summed E-state index contributed by atoms with van der Waals surface area (Å²) in [5.74, 6) is 1.72. The molecule has 6 heteroatoms. The topological polar surface area (TPSA) is 74.8 Å². The lowest BCUT2D eigenvalue weighted by atomic mass is 10.2. The van der Waals surface area contributed by atoms with Gasteiger partial charge < -0.3 is 20.7 Å². The number of carbonyl (C=O) groups is 1. The second-order valence-corrected chi connectivity index (χ2v) is 7.14. The summed E-state index contributed by atoms with van der Waals surface area (Å²) in [5.41, 5.74) is 1.12. The van der Waals surface area contributed by atoms with E-state index in [9.17, 15) is 4.79 Å². The number of nitrogens with zero attached hydrogens (tertiary/aromatic N) is 1. The number of amides is 1. The van der Waals surface area contributed by atoms with E-state index in [4.69, 9.17) is 4.74 Å². The van der Waals surface area contributed by atoms with E-state index in [2.05, 4.69) is 20.9 Å². The van der Waals surface area contributed by atoms with Gasteiger partial charge in [-0.15, -0.1) is 0 Å². The molecule has 0 heterocycles. The molecular formula is C21H34N4O2. The van der Waals surface area contributed by atoms with Crippen LogP contribution in [-0.4, -0.2) is 43.6 Å². The van der Waals surface area contributed by atoms with Crippen LogP contribution in [-0.2, 0) is 4.79 Å². The molecule has 0 radical (unpaired) electrons. The van der Waals surface area contributed by atoms with Crippen molar-refractivity contribution in [2.75, 3.05) is 19.6 Å². The van der Waals surface area contributed by atoms with Crippen molar-refractivity contribution in [3.63, 3.8) is 0 Å². The minimum atomic E-state index is -0.0350. The number of aliphatic imine (C=N–C) groups is 1. The molecule has 0 aromatic heterocycles. The Bertz CT molecular complexity index is 612. The summed E-state index contributed by atoms with van der Waals surface area (Å²) in [6.45, 7) is 7.95. The molecule has 0 aliphatic heterocycles. The molecule has 1 aliphatic carbocycles. The van der Waals surface area contributed by atoms with Crippen LogP contribution in [0.3, 0.4) is 0 Å². The second kappa shape index (κ2) is 11.5. The van der Waals surface area contributed by atoms with Gasteiger partial charge in [0.2, 0.25) is 5.91 Å². The number of carbonyl (C=O) groups excluding carboxylic acids is 1. The maximum atomic E-state index is 12.0. The molecule has 1 aromatic rings. The molecule has 1 amide bonds. The predicted octanol–water partition coefficient (Wildman–Crippen LogP) is 2.77. The molecule has 2 rings (SSSR count). The molecule has 0 spiro atoms. The van der Waals surface area contributed by atoms with Gasteiger partial charge in [0, 0.05) is 25.6 Å². The number of ether oxygens (including phenoxy) is 1. The lowest BCUT2D eigenvalue weighted by molar-refractivity contribution is -0.121. The van der Waals surface area contributed by atoms with Crippen molar-refractivity contribution in [3.8, 4) is 5.75 Å². The van der Waals surface area contributed by atoms with E-state index < -0.39 is 0 Å². The van der Waals surface area contributed by atoms with Crippen LogP contribution < -0.4 is 20.7 Å². The Hall–Kier alpha value is -2.24. The third-order valence-electron chi connectivity index (χ3n) is 4.64. The summed E-state index contributed by atoms with van der Waals surface area (Å²) in [7, 11) is 0. The molecule has 6 nitrogen and oxygen atoms in total. The van der Waals surface area contributed by atoms with Crippen LogP contribution in [0.4, 0.5) is 0 Å². The van der Waals surface area contributed by atoms with Gasteiger partial charge in [0.1, 0.15) is 11.9 Å². The maximum absolute atomic E-state index is 12.0. The van der Waals surface area contributed by atoms with Gasteiger partial charge in [-0.25, -0.2) is 4.99 Å². The van der Waals surface area contributed by atoms with Crippen LogP contribution in [0.25, 0.3) is 0 Å². The largest absolute Gasteiger partial charge is 0.489 e. The van der Waals surface area contributed by atoms with Crippen LogP contribution in [0.15, 0.2) is 29.3 Å². The zero-order valence-corrected chi connectivity index (χ0v) is 16.9. The average Bonchev–Trinajstić information content (AvgIpc) is 3.14. The summed E-state index contributed by atoms with van der Waals surface area (Å²) in [4.78, 5) is 16.6. The highest BCUT2D eigenvalue weighted by atomic mass is 16.5. The number of nitrogens with one attached hydrogen (secondary N) is 3. The fourth-order valence-electron chi connectivity index (χ4n) is 3.17. The van der Waals surface area contributed by atoms with E-state index >= 15 is 0 Å². The monoisotopic (exact) mass is 374 g/mol. The van der Waals surface area contributed by atoms with Gasteiger partial charge in [0.25, 0.3) is 0 Å². The molecule has 1 fully saturated rings. The Labute approximate surface area is 163 Å². The van der Waals surface area contributed by atoms with Crippen molar-refractivity contribution in [3.05, 3.63) is 29.8 Å². The summed E-state index contributed by atoms with van der Waals surface area (Å²) in [5, 5.41) is 9.55. The van der Waals surface area contributed by atoms with Gasteiger partial charge >= 0.3 is 0 Å². The summed E-state index contributed by atoms with van der Waals surface area (Å²) in [6.07, 6.45) is 5.10. The Morgan fingerprint density at radius 2 is 2.00 bits per heavy atom. The fraction of sp³-hybridized carbons (Fsp3) is 0.619. The zero-order chi connectivity index (χ0) is 19.5. The second-order valence-electron chi connectivity index (χ2n) is 7.14. The van der Waals surface area contributed by atoms with E-state index in [1.54, 1.807) is 0 Å². The summed E-state index contributed by atoms with van der Waals surface area (Å²) >= 11 is 0. The van der Waals surface area contributed by atoms with Crippen molar-refractivity contribution in [2.45, 2.75) is 65.0 Å². The smallest absolute Gasteiger partial charge is 0.221 e. The van der Waals surface area contributed by atoms with E-state index in [1.165, 1.54) is 12.8 Å². The molecule has 0 bridgehead atoms. The van der Waals surface area contributed by atoms with E-state index in [0.717, 1.165) is 30.7 Å². The lowest BCUT2D eigenvalue weighted by Crippen LogP contribution is -2.41. The first-order valence-corrected chi connectivity index (χ1v) is 10.1. The highest BCUT2D eigenvalue weighted by Gasteiger charge is 2.16. The molecule has 1 saturated carbocycles. The van der Waals surface area contributed by atoms with Crippen molar-refractivity contribution in [1.29, 1.82) is 0 Å². The Morgan fingerprint density at radius 1 is 1.26 bits per heavy atom. The Balaban J connectivity index is 1.73. The molecular weight excluding hydrogens is 340 g/mol. The first-order chi connectivity index (χ1) is 13.1. The first kappa shape index (κ1) is 21.1. The van der Waals surface area contributed by atoms with Gasteiger partial charge in [-0.1, -0.05) is 31.0 Å². The highest BCUT2D eigenvalue weighted by Crippen LogP contribution is 2.18. The molecule has 1 aromatic carbocycles. The van der Waals surface area contributed by atoms with Gasteiger partial charge in [0.05, 0.1) is 6.54 Å². The van der Waals surface area contributed by atoms with Gasteiger partial charge in [-0.3, -0.25) is 4.79 Å². The fourth-order valence-corrected chi connectivity index (χ4v) is 3.17. The van der Waals surface area contributed by atoms with Crippen molar-refractivity contribution < 1.29 is 9.53 Å². The Morgan fingerprint density at radius 3 is 2.70 bits per heavy atom. The minimum absolute atomic E-state index is 0.0350. The molecule has 27 heavy (non-hydrogen) atoms. The highest BCUT2D eigenvalue weighted by molar-refractivity contribution is 5.81. The standard InChI is InChI=1S/C21H34N4O2/c1-4-22-21(23-14-13-20(26)25-18-10-6-7-11-18)24-15-17(3)27-19-12-8-5-9-16(19)2/h5,8-9,12,17-18H,4,6-7,10-11,13-15H2,1-3H3,(H,25,26)(H2,22,23,24). The molecule has 150 valence electrons. The van der Waals surface area contributed by atoms with Crippen LogP contribution >= 0.6 is 0 Å². The number of benzene rings is 1. The predicted molar refractivity (Wildman–Crippen MR) is 110 cm³/mol. The number of guanidine groups is 1. The number of aryl methyl sites for hydroxylation is 1. The number of para-hydroxylation sites is 1. The van der Waals surface area contributed by atoms with Gasteiger partial charge in [-0.05, 0) is 45.2 Å². The average molecular weight is 375 g/mol. The van der Waals surface area contributed by atoms with Crippen LogP contribution in [0.2, 0.25) is 0 Å². The first-order valence-electron chi connectivity index (χ1n) is 10.1. The van der Waals surface area contributed by atoms with Crippen molar-refractivity contribution >= 4 is 11.9 Å². The van der Waals surface area contributed by atoms with Crippen LogP contribution in [0, 0.1) is 6.92 Å². The normalized spacial score (nSPS) is 16.0. The quantitative estimate of drug-likeness (QED) is 0.459. The van der Waals surface area contributed by atoms with E-state index in [0.29, 0.717) is 31.5 Å². The number of rotatable bonds is 9. The summed E-state index contributed by atoms with van der Waals surface area (Å²) in [6, 6.07) is 8.36. The molecule has 1 unspecified atom stereocenters. The van der Waals surface area contributed by atoms with Gasteiger partial charge in [0.15, 0.2) is 5.96 Å². The maximum Gasteiger partial charge on any atom is 0.221 e. The van der Waals surface area contributed by atoms with Crippen molar-refractivity contribution in [2.24, 2.45) is 4.99 Å².